The Balaban J connectivity index is 2.45. The van der Waals surface area contributed by atoms with E-state index in [1.807, 2.05) is 45.3 Å². The first kappa shape index (κ1) is 16.5. The molecule has 0 aromatic heterocycles. The molecule has 0 heterocycles. The Bertz CT molecular complexity index is 421. The maximum atomic E-state index is 11.7. The van der Waals surface area contributed by atoms with Crippen LogP contribution in [-0.4, -0.2) is 44.6 Å². The maximum absolute atomic E-state index is 11.7. The second-order valence-corrected chi connectivity index (χ2v) is 5.15. The summed E-state index contributed by atoms with van der Waals surface area (Å²) in [5.41, 5.74) is 6.48. The van der Waals surface area contributed by atoms with Gasteiger partial charge in [-0.1, -0.05) is 19.1 Å². The predicted molar refractivity (Wildman–Crippen MR) is 80.6 cm³/mol. The SMILES string of the molecule is CC(CN)C(=O)NCc1cccc(OCCN(C)C)c1. The average molecular weight is 279 g/mol. The summed E-state index contributed by atoms with van der Waals surface area (Å²) < 4.78 is 5.66. The van der Waals surface area contributed by atoms with E-state index in [0.29, 0.717) is 19.7 Å². The molecule has 5 heteroatoms. The Morgan fingerprint density at radius 1 is 1.45 bits per heavy atom. The third kappa shape index (κ3) is 6.04. The van der Waals surface area contributed by atoms with Crippen molar-refractivity contribution in [2.24, 2.45) is 11.7 Å². The lowest BCUT2D eigenvalue weighted by Gasteiger charge is -2.13. The zero-order chi connectivity index (χ0) is 15.0. The molecule has 0 saturated carbocycles. The highest BCUT2D eigenvalue weighted by Gasteiger charge is 2.09. The monoisotopic (exact) mass is 279 g/mol. The minimum atomic E-state index is -0.158. The van der Waals surface area contributed by atoms with Crippen molar-refractivity contribution in [3.8, 4) is 5.75 Å². The molecule has 1 unspecified atom stereocenters. The number of hydrogen-bond acceptors (Lipinski definition) is 4. The van der Waals surface area contributed by atoms with Gasteiger partial charge in [0, 0.05) is 25.6 Å². The van der Waals surface area contributed by atoms with E-state index in [0.717, 1.165) is 17.9 Å². The third-order valence-corrected chi connectivity index (χ3v) is 2.97. The molecule has 1 aromatic carbocycles. The van der Waals surface area contributed by atoms with Crippen molar-refractivity contribution in [2.45, 2.75) is 13.5 Å². The highest BCUT2D eigenvalue weighted by molar-refractivity contribution is 5.78. The summed E-state index contributed by atoms with van der Waals surface area (Å²) in [5, 5.41) is 2.87. The van der Waals surface area contributed by atoms with Crippen LogP contribution >= 0.6 is 0 Å². The fourth-order valence-electron chi connectivity index (χ4n) is 1.56. The highest BCUT2D eigenvalue weighted by atomic mass is 16.5. The first-order valence-electron chi connectivity index (χ1n) is 6.87. The van der Waals surface area contributed by atoms with Crippen LogP contribution in [0.3, 0.4) is 0 Å². The van der Waals surface area contributed by atoms with Crippen molar-refractivity contribution in [1.82, 2.24) is 10.2 Å². The molecular formula is C15H25N3O2. The van der Waals surface area contributed by atoms with Crippen LogP contribution in [0.25, 0.3) is 0 Å². The fraction of sp³-hybridized carbons (Fsp3) is 0.533. The molecule has 0 aliphatic rings. The van der Waals surface area contributed by atoms with E-state index in [4.69, 9.17) is 10.5 Å². The van der Waals surface area contributed by atoms with Crippen LogP contribution in [0.2, 0.25) is 0 Å². The molecule has 0 spiro atoms. The third-order valence-electron chi connectivity index (χ3n) is 2.97. The Morgan fingerprint density at radius 3 is 2.85 bits per heavy atom. The number of hydrogen-bond donors (Lipinski definition) is 2. The van der Waals surface area contributed by atoms with Crippen LogP contribution < -0.4 is 15.8 Å². The van der Waals surface area contributed by atoms with Crippen LogP contribution in [-0.2, 0) is 11.3 Å². The zero-order valence-electron chi connectivity index (χ0n) is 12.6. The molecule has 1 atom stereocenters. The number of ether oxygens (including phenoxy) is 1. The molecule has 0 aliphatic carbocycles. The topological polar surface area (TPSA) is 67.6 Å². The van der Waals surface area contributed by atoms with Gasteiger partial charge in [-0.15, -0.1) is 0 Å². The van der Waals surface area contributed by atoms with Gasteiger partial charge in [0.1, 0.15) is 12.4 Å². The number of nitrogens with two attached hydrogens (primary N) is 1. The molecule has 1 amide bonds. The molecular weight excluding hydrogens is 254 g/mol. The minimum Gasteiger partial charge on any atom is -0.492 e. The van der Waals surface area contributed by atoms with E-state index < -0.39 is 0 Å². The number of nitrogens with one attached hydrogen (secondary N) is 1. The molecule has 0 radical (unpaired) electrons. The fourth-order valence-corrected chi connectivity index (χ4v) is 1.56. The van der Waals surface area contributed by atoms with Gasteiger partial charge in [-0.2, -0.15) is 0 Å². The largest absolute Gasteiger partial charge is 0.492 e. The van der Waals surface area contributed by atoms with Gasteiger partial charge < -0.3 is 20.7 Å². The van der Waals surface area contributed by atoms with Crippen molar-refractivity contribution in [1.29, 1.82) is 0 Å². The first-order valence-corrected chi connectivity index (χ1v) is 6.87. The number of carbonyl (C=O) groups excluding carboxylic acids is 1. The van der Waals surface area contributed by atoms with Crippen LogP contribution in [0.1, 0.15) is 12.5 Å². The van der Waals surface area contributed by atoms with E-state index in [2.05, 4.69) is 10.2 Å². The summed E-state index contributed by atoms with van der Waals surface area (Å²) >= 11 is 0. The molecule has 0 fully saturated rings. The van der Waals surface area contributed by atoms with E-state index >= 15 is 0 Å². The number of carbonyl (C=O) groups is 1. The minimum absolute atomic E-state index is 0.0218. The number of nitrogens with zero attached hydrogens (tertiary/aromatic N) is 1. The van der Waals surface area contributed by atoms with E-state index in [9.17, 15) is 4.79 Å². The quantitative estimate of drug-likeness (QED) is 0.740. The first-order chi connectivity index (χ1) is 9.52. The Labute approximate surface area is 121 Å². The van der Waals surface area contributed by atoms with Crippen molar-refractivity contribution < 1.29 is 9.53 Å². The predicted octanol–water partition coefficient (Wildman–Crippen LogP) is 0.838. The van der Waals surface area contributed by atoms with Crippen molar-refractivity contribution in [3.63, 3.8) is 0 Å². The van der Waals surface area contributed by atoms with Gasteiger partial charge in [0.2, 0.25) is 5.91 Å². The van der Waals surface area contributed by atoms with Gasteiger partial charge in [-0.05, 0) is 31.8 Å². The molecule has 3 N–H and O–H groups in total. The van der Waals surface area contributed by atoms with Gasteiger partial charge in [0.15, 0.2) is 0 Å². The summed E-state index contributed by atoms with van der Waals surface area (Å²) in [5.74, 6) is 0.645. The van der Waals surface area contributed by atoms with Crippen molar-refractivity contribution in [2.75, 3.05) is 33.8 Å². The van der Waals surface area contributed by atoms with Gasteiger partial charge in [-0.25, -0.2) is 0 Å². The van der Waals surface area contributed by atoms with Crippen LogP contribution in [0, 0.1) is 5.92 Å². The second-order valence-electron chi connectivity index (χ2n) is 5.15. The molecule has 1 rings (SSSR count). The zero-order valence-corrected chi connectivity index (χ0v) is 12.6. The summed E-state index contributed by atoms with van der Waals surface area (Å²) in [6.07, 6.45) is 0. The summed E-state index contributed by atoms with van der Waals surface area (Å²) in [6, 6.07) is 7.76. The Hall–Kier alpha value is -1.59. The second kappa shape index (κ2) is 8.55. The number of likely N-dealkylation sites (N-methyl/N-ethyl adjacent to an activating group) is 1. The smallest absolute Gasteiger partial charge is 0.224 e. The lowest BCUT2D eigenvalue weighted by Crippen LogP contribution is -2.32. The average Bonchev–Trinajstić information content (AvgIpc) is 2.44. The molecule has 20 heavy (non-hydrogen) atoms. The molecule has 5 nitrogen and oxygen atoms in total. The van der Waals surface area contributed by atoms with E-state index in [1.54, 1.807) is 0 Å². The Kier molecular flexibility index (Phi) is 7.04. The number of rotatable bonds is 8. The van der Waals surface area contributed by atoms with E-state index in [-0.39, 0.29) is 11.8 Å². The molecule has 0 saturated heterocycles. The molecule has 0 aliphatic heterocycles. The summed E-state index contributed by atoms with van der Waals surface area (Å²) in [6.45, 7) is 4.19. The lowest BCUT2D eigenvalue weighted by molar-refractivity contribution is -0.124. The van der Waals surface area contributed by atoms with Gasteiger partial charge in [-0.3, -0.25) is 4.79 Å². The van der Waals surface area contributed by atoms with Gasteiger partial charge in [0.25, 0.3) is 0 Å². The lowest BCUT2D eigenvalue weighted by atomic mass is 10.1. The van der Waals surface area contributed by atoms with Crippen LogP contribution in [0.4, 0.5) is 0 Å². The standard InChI is InChI=1S/C15H25N3O2/c1-12(10-16)15(19)17-11-13-5-4-6-14(9-13)20-8-7-18(2)3/h4-6,9,12H,7-8,10-11,16H2,1-3H3,(H,17,19). The molecule has 0 bridgehead atoms. The summed E-state index contributed by atoms with van der Waals surface area (Å²) in [7, 11) is 4.02. The van der Waals surface area contributed by atoms with Crippen molar-refractivity contribution >= 4 is 5.91 Å². The highest BCUT2D eigenvalue weighted by Crippen LogP contribution is 2.13. The Morgan fingerprint density at radius 2 is 2.20 bits per heavy atom. The van der Waals surface area contributed by atoms with Crippen LogP contribution in [0.15, 0.2) is 24.3 Å². The normalized spacial score (nSPS) is 12.2. The molecule has 112 valence electrons. The van der Waals surface area contributed by atoms with Gasteiger partial charge in [0.05, 0.1) is 0 Å². The number of benzene rings is 1. The van der Waals surface area contributed by atoms with Crippen molar-refractivity contribution in [3.05, 3.63) is 29.8 Å². The van der Waals surface area contributed by atoms with Gasteiger partial charge >= 0.3 is 0 Å². The van der Waals surface area contributed by atoms with Crippen LogP contribution in [0.5, 0.6) is 5.75 Å². The maximum Gasteiger partial charge on any atom is 0.224 e. The van der Waals surface area contributed by atoms with E-state index in [1.165, 1.54) is 0 Å². The number of amides is 1. The summed E-state index contributed by atoms with van der Waals surface area (Å²) in [4.78, 5) is 13.7. The molecule has 1 aromatic rings.